The molecule has 0 amide bonds. The first-order valence-corrected chi connectivity index (χ1v) is 11.6. The quantitative estimate of drug-likeness (QED) is 0.856. The highest BCUT2D eigenvalue weighted by Gasteiger charge is 2.46. The number of nitrogens with zero attached hydrogens (tertiary/aromatic N) is 1. The molecule has 1 spiro atoms. The molecule has 2 aliphatic heterocycles. The Morgan fingerprint density at radius 2 is 2.04 bits per heavy atom. The van der Waals surface area contributed by atoms with Gasteiger partial charge in [-0.25, -0.2) is 13.1 Å². The van der Waals surface area contributed by atoms with Gasteiger partial charge in [0.1, 0.15) is 0 Å². The van der Waals surface area contributed by atoms with E-state index in [9.17, 15) is 8.42 Å². The second kappa shape index (κ2) is 7.23. The molecule has 0 radical (unpaired) electrons. The van der Waals surface area contributed by atoms with Crippen molar-refractivity contribution in [3.63, 3.8) is 0 Å². The van der Waals surface area contributed by atoms with E-state index < -0.39 is 10.0 Å². The topological polar surface area (TPSA) is 58.6 Å². The minimum absolute atomic E-state index is 0.0825. The zero-order valence-electron chi connectivity index (χ0n) is 15.6. The van der Waals surface area contributed by atoms with Gasteiger partial charge < -0.3 is 9.64 Å². The summed E-state index contributed by atoms with van der Waals surface area (Å²) < 4.78 is 33.0. The standard InChI is InChI=1S/C20H30N2O3S/c1-2-26(23,24)21-19-14-20(18-8-4-3-7-17(18)19)9-11-22(12-10-20)15-16-6-5-13-25-16/h3-4,7-8,16,19,21H,2,5-6,9-15H2,1H3. The zero-order valence-corrected chi connectivity index (χ0v) is 16.4. The molecular weight excluding hydrogens is 348 g/mol. The van der Waals surface area contributed by atoms with Gasteiger partial charge in [-0.1, -0.05) is 24.3 Å². The maximum atomic E-state index is 12.1. The largest absolute Gasteiger partial charge is 0.377 e. The molecule has 2 heterocycles. The molecule has 1 aromatic carbocycles. The van der Waals surface area contributed by atoms with Gasteiger partial charge in [0.15, 0.2) is 0 Å². The predicted octanol–water partition coefficient (Wildman–Crippen LogP) is 2.58. The number of hydrogen-bond acceptors (Lipinski definition) is 4. The van der Waals surface area contributed by atoms with E-state index in [-0.39, 0.29) is 17.2 Å². The molecule has 144 valence electrons. The number of fused-ring (bicyclic) bond motifs is 2. The molecule has 2 saturated heterocycles. The fourth-order valence-electron chi connectivity index (χ4n) is 5.01. The summed E-state index contributed by atoms with van der Waals surface area (Å²) in [6.07, 6.45) is 5.87. The van der Waals surface area contributed by atoms with Crippen LogP contribution in [0, 0.1) is 0 Å². The lowest BCUT2D eigenvalue weighted by Crippen LogP contribution is -2.44. The molecule has 5 nitrogen and oxygen atoms in total. The number of benzene rings is 1. The molecule has 2 fully saturated rings. The average molecular weight is 379 g/mol. The van der Waals surface area contributed by atoms with Crippen molar-refractivity contribution >= 4 is 10.0 Å². The summed E-state index contributed by atoms with van der Waals surface area (Å²) in [5, 5.41) is 0. The van der Waals surface area contributed by atoms with Gasteiger partial charge in [-0.15, -0.1) is 0 Å². The lowest BCUT2D eigenvalue weighted by atomic mass is 9.73. The number of ether oxygens (including phenoxy) is 1. The minimum Gasteiger partial charge on any atom is -0.377 e. The molecule has 1 N–H and O–H groups in total. The van der Waals surface area contributed by atoms with Crippen molar-refractivity contribution < 1.29 is 13.2 Å². The van der Waals surface area contributed by atoms with Crippen molar-refractivity contribution in [2.45, 2.75) is 56.6 Å². The number of likely N-dealkylation sites (tertiary alicyclic amines) is 1. The van der Waals surface area contributed by atoms with Gasteiger partial charge in [-0.2, -0.15) is 0 Å². The van der Waals surface area contributed by atoms with Crippen LogP contribution in [-0.4, -0.2) is 51.4 Å². The molecule has 2 atom stereocenters. The Balaban J connectivity index is 1.48. The van der Waals surface area contributed by atoms with Gasteiger partial charge in [-0.05, 0) is 68.7 Å². The fourth-order valence-corrected chi connectivity index (χ4v) is 5.82. The molecular formula is C20H30N2O3S. The lowest BCUT2D eigenvalue weighted by Gasteiger charge is -2.41. The van der Waals surface area contributed by atoms with Crippen LogP contribution in [0.4, 0.5) is 0 Å². The molecule has 2 unspecified atom stereocenters. The molecule has 0 aromatic heterocycles. The number of nitrogens with one attached hydrogen (secondary N) is 1. The first-order chi connectivity index (χ1) is 12.5. The highest BCUT2D eigenvalue weighted by molar-refractivity contribution is 7.89. The number of rotatable bonds is 5. The smallest absolute Gasteiger partial charge is 0.211 e. The maximum absolute atomic E-state index is 12.1. The van der Waals surface area contributed by atoms with Crippen molar-refractivity contribution in [2.24, 2.45) is 0 Å². The van der Waals surface area contributed by atoms with Gasteiger partial charge in [0.25, 0.3) is 0 Å². The van der Waals surface area contributed by atoms with E-state index in [0.717, 1.165) is 45.5 Å². The number of sulfonamides is 1. The van der Waals surface area contributed by atoms with Crippen LogP contribution in [0.1, 0.15) is 56.2 Å². The highest BCUT2D eigenvalue weighted by atomic mass is 32.2. The van der Waals surface area contributed by atoms with E-state index >= 15 is 0 Å². The monoisotopic (exact) mass is 378 g/mol. The summed E-state index contributed by atoms with van der Waals surface area (Å²) in [6, 6.07) is 8.35. The third-order valence-corrected chi connectivity index (χ3v) is 7.91. The van der Waals surface area contributed by atoms with Crippen molar-refractivity contribution in [2.75, 3.05) is 32.0 Å². The van der Waals surface area contributed by atoms with Crippen LogP contribution in [0.5, 0.6) is 0 Å². The minimum atomic E-state index is -3.20. The summed E-state index contributed by atoms with van der Waals surface area (Å²) in [6.45, 7) is 5.80. The summed E-state index contributed by atoms with van der Waals surface area (Å²) in [5.41, 5.74) is 2.66. The van der Waals surface area contributed by atoms with Crippen molar-refractivity contribution in [1.82, 2.24) is 9.62 Å². The van der Waals surface area contributed by atoms with Gasteiger partial charge in [0, 0.05) is 19.2 Å². The number of hydrogen-bond donors (Lipinski definition) is 1. The Morgan fingerprint density at radius 1 is 1.27 bits per heavy atom. The average Bonchev–Trinajstić information content (AvgIpc) is 3.25. The molecule has 0 bridgehead atoms. The second-order valence-corrected chi connectivity index (χ2v) is 10.1. The van der Waals surface area contributed by atoms with Crippen LogP contribution in [0.25, 0.3) is 0 Å². The molecule has 1 aliphatic carbocycles. The van der Waals surface area contributed by atoms with Gasteiger partial charge in [0.2, 0.25) is 10.0 Å². The zero-order chi connectivity index (χ0) is 18.2. The van der Waals surface area contributed by atoms with Crippen molar-refractivity contribution in [3.05, 3.63) is 35.4 Å². The first kappa shape index (κ1) is 18.4. The van der Waals surface area contributed by atoms with Crippen molar-refractivity contribution in [1.29, 1.82) is 0 Å². The molecule has 3 aliphatic rings. The molecule has 4 rings (SSSR count). The molecule has 26 heavy (non-hydrogen) atoms. The Kier molecular flexibility index (Phi) is 5.12. The lowest BCUT2D eigenvalue weighted by molar-refractivity contribution is 0.0545. The molecule has 1 aromatic rings. The van der Waals surface area contributed by atoms with Gasteiger partial charge in [-0.3, -0.25) is 0 Å². The summed E-state index contributed by atoms with van der Waals surface area (Å²) >= 11 is 0. The maximum Gasteiger partial charge on any atom is 0.211 e. The van der Waals surface area contributed by atoms with Crippen LogP contribution in [0.15, 0.2) is 24.3 Å². The third-order valence-electron chi connectivity index (χ3n) is 6.50. The van der Waals surface area contributed by atoms with Crippen LogP contribution >= 0.6 is 0 Å². The van der Waals surface area contributed by atoms with Crippen LogP contribution < -0.4 is 4.72 Å². The summed E-state index contributed by atoms with van der Waals surface area (Å²) in [4.78, 5) is 2.54. The van der Waals surface area contributed by atoms with E-state index in [2.05, 4.69) is 27.8 Å². The van der Waals surface area contributed by atoms with Gasteiger partial charge >= 0.3 is 0 Å². The Labute approximate surface area is 157 Å². The number of piperidine rings is 1. The molecule has 6 heteroatoms. The third kappa shape index (κ3) is 3.57. The Hall–Kier alpha value is -0.950. The van der Waals surface area contributed by atoms with E-state index in [1.807, 2.05) is 6.07 Å². The van der Waals surface area contributed by atoms with Gasteiger partial charge in [0.05, 0.1) is 11.9 Å². The summed E-state index contributed by atoms with van der Waals surface area (Å²) in [7, 11) is -3.20. The summed E-state index contributed by atoms with van der Waals surface area (Å²) in [5.74, 6) is 0.133. The molecule has 0 saturated carbocycles. The first-order valence-electron chi connectivity index (χ1n) is 9.95. The van der Waals surface area contributed by atoms with Crippen LogP contribution in [0.3, 0.4) is 0 Å². The van der Waals surface area contributed by atoms with Crippen molar-refractivity contribution in [3.8, 4) is 0 Å². The van der Waals surface area contributed by atoms with E-state index in [1.165, 1.54) is 24.0 Å². The fraction of sp³-hybridized carbons (Fsp3) is 0.700. The van der Waals surface area contributed by atoms with E-state index in [4.69, 9.17) is 4.74 Å². The second-order valence-electron chi connectivity index (χ2n) is 8.08. The normalized spacial score (nSPS) is 28.5. The van der Waals surface area contributed by atoms with E-state index in [0.29, 0.717) is 6.10 Å². The predicted molar refractivity (Wildman–Crippen MR) is 103 cm³/mol. The Morgan fingerprint density at radius 3 is 2.73 bits per heavy atom. The van der Waals surface area contributed by atoms with E-state index in [1.54, 1.807) is 6.92 Å². The highest BCUT2D eigenvalue weighted by Crippen LogP contribution is 2.50. The van der Waals surface area contributed by atoms with Crippen LogP contribution in [0.2, 0.25) is 0 Å². The SMILES string of the molecule is CCS(=O)(=O)NC1CC2(CCN(CC3CCCO3)CC2)c2ccccc21. The van der Waals surface area contributed by atoms with Crippen LogP contribution in [-0.2, 0) is 20.2 Å². The Bertz CT molecular complexity index is 735.